The quantitative estimate of drug-likeness (QED) is 0.206. The van der Waals surface area contributed by atoms with E-state index in [1.54, 1.807) is 54.6 Å². The van der Waals surface area contributed by atoms with Crippen LogP contribution in [0.5, 0.6) is 17.2 Å². The molecular formula is C27H26N4O5. The highest BCUT2D eigenvalue weighted by molar-refractivity contribution is 5.91. The number of benzene rings is 3. The number of para-hydroxylation sites is 2. The molecule has 0 atom stereocenters. The van der Waals surface area contributed by atoms with Gasteiger partial charge >= 0.3 is 0 Å². The van der Waals surface area contributed by atoms with Gasteiger partial charge in [0.1, 0.15) is 17.2 Å². The SMILES string of the molecule is C=CCc1cc(/C=N/NC(=O)COc2ccccc2)cc(/C=N/NC(=O)COc2ccccc2)c1O. The summed E-state index contributed by atoms with van der Waals surface area (Å²) in [6, 6.07) is 21.2. The van der Waals surface area contributed by atoms with Crippen molar-refractivity contribution in [1.29, 1.82) is 0 Å². The summed E-state index contributed by atoms with van der Waals surface area (Å²) in [6.45, 7) is 3.29. The zero-order valence-corrected chi connectivity index (χ0v) is 19.5. The largest absolute Gasteiger partial charge is 0.507 e. The van der Waals surface area contributed by atoms with Crippen molar-refractivity contribution in [3.05, 3.63) is 102 Å². The van der Waals surface area contributed by atoms with Crippen LogP contribution >= 0.6 is 0 Å². The maximum absolute atomic E-state index is 12.0. The fourth-order valence-electron chi connectivity index (χ4n) is 2.98. The van der Waals surface area contributed by atoms with Crippen molar-refractivity contribution in [3.63, 3.8) is 0 Å². The number of rotatable bonds is 12. The van der Waals surface area contributed by atoms with Crippen molar-refractivity contribution in [2.45, 2.75) is 6.42 Å². The molecule has 36 heavy (non-hydrogen) atoms. The predicted molar refractivity (Wildman–Crippen MR) is 137 cm³/mol. The molecule has 0 aliphatic carbocycles. The average molecular weight is 487 g/mol. The van der Waals surface area contributed by atoms with Gasteiger partial charge in [0.05, 0.1) is 12.4 Å². The van der Waals surface area contributed by atoms with Crippen LogP contribution in [0.2, 0.25) is 0 Å². The summed E-state index contributed by atoms with van der Waals surface area (Å²) in [5.41, 5.74) is 6.26. The second-order valence-corrected chi connectivity index (χ2v) is 7.40. The maximum Gasteiger partial charge on any atom is 0.277 e. The van der Waals surface area contributed by atoms with Crippen LogP contribution in [0.3, 0.4) is 0 Å². The summed E-state index contributed by atoms with van der Waals surface area (Å²) < 4.78 is 10.7. The summed E-state index contributed by atoms with van der Waals surface area (Å²) >= 11 is 0. The topological polar surface area (TPSA) is 122 Å². The third-order valence-corrected chi connectivity index (χ3v) is 4.63. The van der Waals surface area contributed by atoms with E-state index in [4.69, 9.17) is 9.47 Å². The Bertz CT molecular complexity index is 1230. The van der Waals surface area contributed by atoms with Crippen LogP contribution in [0, 0.1) is 0 Å². The number of aromatic hydroxyl groups is 1. The van der Waals surface area contributed by atoms with Gasteiger partial charge in [0.15, 0.2) is 13.2 Å². The molecule has 3 rings (SSSR count). The van der Waals surface area contributed by atoms with Gasteiger partial charge in [-0.1, -0.05) is 42.5 Å². The number of carbonyl (C=O) groups excluding carboxylic acids is 2. The molecule has 0 saturated carbocycles. The third kappa shape index (κ3) is 8.45. The van der Waals surface area contributed by atoms with Crippen LogP contribution in [-0.2, 0) is 16.0 Å². The Hall–Kier alpha value is -4.92. The molecule has 0 aliphatic rings. The molecule has 0 unspecified atom stereocenters. The van der Waals surface area contributed by atoms with Crippen LogP contribution in [0.25, 0.3) is 0 Å². The summed E-state index contributed by atoms with van der Waals surface area (Å²) in [4.78, 5) is 24.0. The number of ether oxygens (including phenoxy) is 2. The molecule has 0 spiro atoms. The van der Waals surface area contributed by atoms with Crippen molar-refractivity contribution < 1.29 is 24.2 Å². The van der Waals surface area contributed by atoms with E-state index in [9.17, 15) is 14.7 Å². The number of hydrogen-bond donors (Lipinski definition) is 3. The van der Waals surface area contributed by atoms with Gasteiger partial charge in [-0.2, -0.15) is 10.2 Å². The maximum atomic E-state index is 12.0. The molecule has 3 N–H and O–H groups in total. The lowest BCUT2D eigenvalue weighted by Crippen LogP contribution is -2.24. The van der Waals surface area contributed by atoms with Crippen LogP contribution in [0.4, 0.5) is 0 Å². The lowest BCUT2D eigenvalue weighted by Gasteiger charge is -2.08. The Morgan fingerprint density at radius 2 is 1.36 bits per heavy atom. The van der Waals surface area contributed by atoms with Gasteiger partial charge in [-0.25, -0.2) is 10.9 Å². The Balaban J connectivity index is 1.58. The summed E-state index contributed by atoms with van der Waals surface area (Å²) in [6.07, 6.45) is 4.77. The zero-order chi connectivity index (χ0) is 25.6. The van der Waals surface area contributed by atoms with Crippen LogP contribution in [0.1, 0.15) is 16.7 Å². The highest BCUT2D eigenvalue weighted by atomic mass is 16.5. The second-order valence-electron chi connectivity index (χ2n) is 7.40. The minimum atomic E-state index is -0.459. The van der Waals surface area contributed by atoms with E-state index in [1.807, 2.05) is 24.3 Å². The van der Waals surface area contributed by atoms with E-state index >= 15 is 0 Å². The molecule has 9 heteroatoms. The third-order valence-electron chi connectivity index (χ3n) is 4.63. The Morgan fingerprint density at radius 1 is 0.833 bits per heavy atom. The molecule has 0 fully saturated rings. The molecule has 3 aromatic carbocycles. The van der Waals surface area contributed by atoms with E-state index < -0.39 is 11.8 Å². The minimum absolute atomic E-state index is 0.00844. The van der Waals surface area contributed by atoms with Gasteiger partial charge in [0.25, 0.3) is 11.8 Å². The van der Waals surface area contributed by atoms with Crippen molar-refractivity contribution in [1.82, 2.24) is 10.9 Å². The number of hydrazone groups is 2. The van der Waals surface area contributed by atoms with Crippen molar-refractivity contribution in [2.24, 2.45) is 10.2 Å². The molecule has 0 aromatic heterocycles. The molecule has 0 aliphatic heterocycles. The monoisotopic (exact) mass is 486 g/mol. The zero-order valence-electron chi connectivity index (χ0n) is 19.5. The first-order chi connectivity index (χ1) is 17.5. The summed E-state index contributed by atoms with van der Waals surface area (Å²) in [7, 11) is 0. The number of allylic oxidation sites excluding steroid dienone is 1. The van der Waals surface area contributed by atoms with E-state index in [0.29, 0.717) is 34.6 Å². The smallest absolute Gasteiger partial charge is 0.277 e. The number of phenolic OH excluding ortho intramolecular Hbond substituents is 1. The van der Waals surface area contributed by atoms with E-state index in [-0.39, 0.29) is 19.0 Å². The number of amides is 2. The van der Waals surface area contributed by atoms with E-state index in [2.05, 4.69) is 27.6 Å². The molecule has 0 bridgehead atoms. The van der Waals surface area contributed by atoms with E-state index in [1.165, 1.54) is 12.4 Å². The van der Waals surface area contributed by atoms with Gasteiger partial charge in [-0.05, 0) is 53.9 Å². The molecule has 0 heterocycles. The Kier molecular flexibility index (Phi) is 9.78. The number of phenols is 1. The van der Waals surface area contributed by atoms with Crippen molar-refractivity contribution in [2.75, 3.05) is 13.2 Å². The van der Waals surface area contributed by atoms with Crippen molar-refractivity contribution >= 4 is 24.2 Å². The van der Waals surface area contributed by atoms with Gasteiger partial charge in [-0.3, -0.25) is 9.59 Å². The number of carbonyl (C=O) groups is 2. The molecule has 184 valence electrons. The molecule has 9 nitrogen and oxygen atoms in total. The molecule has 0 saturated heterocycles. The highest BCUT2D eigenvalue weighted by Crippen LogP contribution is 2.24. The Labute approximate surface area is 208 Å². The van der Waals surface area contributed by atoms with Crippen LogP contribution in [0.15, 0.2) is 95.7 Å². The number of nitrogens with one attached hydrogen (secondary N) is 2. The normalized spacial score (nSPS) is 10.8. The molecule has 0 radical (unpaired) electrons. The fourth-order valence-corrected chi connectivity index (χ4v) is 2.98. The first kappa shape index (κ1) is 25.7. The van der Waals surface area contributed by atoms with Gasteiger partial charge < -0.3 is 14.6 Å². The van der Waals surface area contributed by atoms with Crippen molar-refractivity contribution in [3.8, 4) is 17.2 Å². The molecule has 2 amide bonds. The Morgan fingerprint density at radius 3 is 1.89 bits per heavy atom. The summed E-state index contributed by atoms with van der Waals surface area (Å²) in [5, 5.41) is 18.4. The fraction of sp³-hybridized carbons (Fsp3) is 0.111. The second kappa shape index (κ2) is 13.7. The first-order valence-corrected chi connectivity index (χ1v) is 11.0. The number of hydrogen-bond acceptors (Lipinski definition) is 7. The highest BCUT2D eigenvalue weighted by Gasteiger charge is 2.08. The van der Waals surface area contributed by atoms with Gasteiger partial charge in [0, 0.05) is 5.56 Å². The van der Waals surface area contributed by atoms with E-state index in [0.717, 1.165) is 0 Å². The predicted octanol–water partition coefficient (Wildman–Crippen LogP) is 3.18. The summed E-state index contributed by atoms with van der Waals surface area (Å²) in [5.74, 6) is 0.244. The van der Waals surface area contributed by atoms with Gasteiger partial charge in [0.2, 0.25) is 0 Å². The minimum Gasteiger partial charge on any atom is -0.507 e. The lowest BCUT2D eigenvalue weighted by molar-refractivity contribution is -0.123. The van der Waals surface area contributed by atoms with Crippen LogP contribution in [-0.4, -0.2) is 42.6 Å². The molecular weight excluding hydrogens is 460 g/mol. The first-order valence-electron chi connectivity index (χ1n) is 11.0. The van der Waals surface area contributed by atoms with Crippen LogP contribution < -0.4 is 20.3 Å². The lowest BCUT2D eigenvalue weighted by atomic mass is 10.0. The van der Waals surface area contributed by atoms with Gasteiger partial charge in [-0.15, -0.1) is 6.58 Å². The number of nitrogens with zero attached hydrogens (tertiary/aromatic N) is 2. The molecule has 3 aromatic rings. The standard InChI is InChI=1S/C27H26N4O5/c1-2-9-21-14-20(16-28-30-25(32)18-35-23-10-5-3-6-11-23)15-22(27(21)34)17-29-31-26(33)19-36-24-12-7-4-8-13-24/h2-8,10-17,34H,1,9,18-19H2,(H,30,32)(H,31,33)/b28-16+,29-17+. The average Bonchev–Trinajstić information content (AvgIpc) is 2.90.